The number of thiophene rings is 1. The first kappa shape index (κ1) is 13.5. The van der Waals surface area contributed by atoms with Crippen molar-refractivity contribution in [3.63, 3.8) is 0 Å². The highest BCUT2D eigenvalue weighted by atomic mass is 32.1. The molecule has 4 rings (SSSR count). The van der Waals surface area contributed by atoms with E-state index in [4.69, 9.17) is 0 Å². The second kappa shape index (κ2) is 4.91. The molecule has 0 aliphatic heterocycles. The lowest BCUT2D eigenvalue weighted by Gasteiger charge is -2.17. The molecule has 0 saturated heterocycles. The van der Waals surface area contributed by atoms with Gasteiger partial charge in [0.25, 0.3) is 5.56 Å². The van der Waals surface area contributed by atoms with Gasteiger partial charge in [-0.1, -0.05) is 13.0 Å². The molecule has 0 bridgehead atoms. The fraction of sp³-hybridized carbons (Fsp3) is 0.312. The van der Waals surface area contributed by atoms with Crippen LogP contribution in [0.2, 0.25) is 0 Å². The molecule has 3 aromatic heterocycles. The average Bonchev–Trinajstić information content (AvgIpc) is 2.84. The Morgan fingerprint density at radius 2 is 2.14 bits per heavy atom. The third-order valence-corrected chi connectivity index (χ3v) is 5.34. The van der Waals surface area contributed by atoms with Crippen LogP contribution in [-0.4, -0.2) is 15.0 Å². The Bertz CT molecular complexity index is 983. The van der Waals surface area contributed by atoms with Crippen molar-refractivity contribution in [2.75, 3.05) is 0 Å². The van der Waals surface area contributed by atoms with E-state index in [9.17, 15) is 9.59 Å². The lowest BCUT2D eigenvalue weighted by molar-refractivity contribution is 0.509. The number of hydrogen-bond donors (Lipinski definition) is 2. The highest BCUT2D eigenvalue weighted by molar-refractivity contribution is 7.18. The Morgan fingerprint density at radius 3 is 2.95 bits per heavy atom. The van der Waals surface area contributed by atoms with Gasteiger partial charge >= 0.3 is 0 Å². The maximum atomic E-state index is 12.5. The third-order valence-electron chi connectivity index (χ3n) is 4.19. The molecule has 0 saturated carbocycles. The lowest BCUT2D eigenvalue weighted by Crippen LogP contribution is -2.14. The summed E-state index contributed by atoms with van der Waals surface area (Å²) in [5.74, 6) is 1.08. The van der Waals surface area contributed by atoms with E-state index in [0.29, 0.717) is 17.4 Å². The summed E-state index contributed by atoms with van der Waals surface area (Å²) in [5, 5.41) is 0.730. The minimum absolute atomic E-state index is 0.114. The van der Waals surface area contributed by atoms with Gasteiger partial charge in [-0.15, -0.1) is 11.3 Å². The maximum absolute atomic E-state index is 12.5. The summed E-state index contributed by atoms with van der Waals surface area (Å²) in [6, 6.07) is 4.83. The average molecular weight is 313 g/mol. The standard InChI is InChI=1S/C16H15N3O2S/c1-8-5-6-9-11(7-8)22-16-13(9)15(21)18-14(19-16)10-3-2-4-12(20)17-10/h2-4,8H,5-7H2,1H3,(H,17,20)(H,18,19,21)/t8-/m1/s1. The predicted octanol–water partition coefficient (Wildman–Crippen LogP) is 2.46. The van der Waals surface area contributed by atoms with Crippen LogP contribution in [0.25, 0.3) is 21.7 Å². The molecule has 1 aliphatic rings. The van der Waals surface area contributed by atoms with Gasteiger partial charge in [0.05, 0.1) is 11.1 Å². The van der Waals surface area contributed by atoms with Crippen LogP contribution >= 0.6 is 11.3 Å². The van der Waals surface area contributed by atoms with Crippen molar-refractivity contribution in [2.24, 2.45) is 5.92 Å². The molecule has 1 aliphatic carbocycles. The summed E-state index contributed by atoms with van der Waals surface area (Å²) in [7, 11) is 0. The van der Waals surface area contributed by atoms with Gasteiger partial charge in [0.15, 0.2) is 5.82 Å². The van der Waals surface area contributed by atoms with E-state index in [0.717, 1.165) is 29.5 Å². The molecule has 0 unspecified atom stereocenters. The van der Waals surface area contributed by atoms with Crippen LogP contribution < -0.4 is 11.1 Å². The Kier molecular flexibility index (Phi) is 3.00. The highest BCUT2D eigenvalue weighted by Crippen LogP contribution is 2.35. The first-order valence-corrected chi connectivity index (χ1v) is 8.18. The van der Waals surface area contributed by atoms with Gasteiger partial charge in [0, 0.05) is 10.9 Å². The van der Waals surface area contributed by atoms with Crippen LogP contribution in [0.1, 0.15) is 23.8 Å². The van der Waals surface area contributed by atoms with E-state index >= 15 is 0 Å². The van der Waals surface area contributed by atoms with Crippen molar-refractivity contribution >= 4 is 21.6 Å². The summed E-state index contributed by atoms with van der Waals surface area (Å²) in [4.78, 5) is 36.1. The second-order valence-corrected chi connectivity index (χ2v) is 6.96. The largest absolute Gasteiger partial charge is 0.319 e. The van der Waals surface area contributed by atoms with Crippen LogP contribution in [0.15, 0.2) is 27.8 Å². The van der Waals surface area contributed by atoms with E-state index in [1.165, 1.54) is 16.5 Å². The van der Waals surface area contributed by atoms with Gasteiger partial charge in [0.2, 0.25) is 5.56 Å². The molecule has 0 fully saturated rings. The molecule has 3 heterocycles. The van der Waals surface area contributed by atoms with Crippen LogP contribution in [0.4, 0.5) is 0 Å². The second-order valence-electron chi connectivity index (χ2n) is 5.88. The fourth-order valence-electron chi connectivity index (χ4n) is 3.06. The number of H-pyrrole nitrogens is 2. The van der Waals surface area contributed by atoms with Gasteiger partial charge < -0.3 is 9.97 Å². The lowest BCUT2D eigenvalue weighted by atomic mass is 9.89. The number of nitrogens with one attached hydrogen (secondary N) is 2. The van der Waals surface area contributed by atoms with Crippen molar-refractivity contribution in [3.05, 3.63) is 49.3 Å². The monoisotopic (exact) mass is 313 g/mol. The normalized spacial score (nSPS) is 17.6. The molecular weight excluding hydrogens is 298 g/mol. The summed E-state index contributed by atoms with van der Waals surface area (Å²) < 4.78 is 0. The molecule has 0 aromatic carbocycles. The van der Waals surface area contributed by atoms with Crippen molar-refractivity contribution in [3.8, 4) is 11.5 Å². The number of aryl methyl sites for hydroxylation is 1. The molecule has 1 atom stereocenters. The summed E-state index contributed by atoms with van der Waals surface area (Å²) in [6.45, 7) is 2.24. The predicted molar refractivity (Wildman–Crippen MR) is 87.5 cm³/mol. The van der Waals surface area contributed by atoms with Crippen molar-refractivity contribution in [1.29, 1.82) is 0 Å². The molecule has 22 heavy (non-hydrogen) atoms. The molecule has 112 valence electrons. The quantitative estimate of drug-likeness (QED) is 0.724. The summed E-state index contributed by atoms with van der Waals surface area (Å²) >= 11 is 1.61. The number of rotatable bonds is 1. The molecular formula is C16H15N3O2S. The Balaban J connectivity index is 1.94. The van der Waals surface area contributed by atoms with Gasteiger partial charge in [-0.3, -0.25) is 9.59 Å². The van der Waals surface area contributed by atoms with E-state index in [2.05, 4.69) is 21.9 Å². The molecule has 5 nitrogen and oxygen atoms in total. The zero-order valence-corrected chi connectivity index (χ0v) is 12.9. The zero-order chi connectivity index (χ0) is 15.3. The molecule has 2 N–H and O–H groups in total. The first-order chi connectivity index (χ1) is 10.6. The van der Waals surface area contributed by atoms with E-state index < -0.39 is 0 Å². The van der Waals surface area contributed by atoms with Crippen molar-refractivity contribution in [1.82, 2.24) is 15.0 Å². The maximum Gasteiger partial charge on any atom is 0.260 e. The van der Waals surface area contributed by atoms with E-state index in [1.807, 2.05) is 0 Å². The van der Waals surface area contributed by atoms with Crippen molar-refractivity contribution in [2.45, 2.75) is 26.2 Å². The Hall–Kier alpha value is -2.21. The zero-order valence-electron chi connectivity index (χ0n) is 12.1. The minimum Gasteiger partial charge on any atom is -0.319 e. The van der Waals surface area contributed by atoms with Crippen molar-refractivity contribution < 1.29 is 0 Å². The fourth-order valence-corrected chi connectivity index (χ4v) is 4.45. The molecule has 0 radical (unpaired) electrons. The molecule has 0 spiro atoms. The topological polar surface area (TPSA) is 78.6 Å². The highest BCUT2D eigenvalue weighted by Gasteiger charge is 2.23. The summed E-state index contributed by atoms with van der Waals surface area (Å²) in [6.07, 6.45) is 3.09. The number of fused-ring (bicyclic) bond motifs is 3. The number of nitrogens with zero attached hydrogens (tertiary/aromatic N) is 1. The van der Waals surface area contributed by atoms with Gasteiger partial charge in [-0.05, 0) is 36.8 Å². The number of pyridine rings is 1. The summed E-state index contributed by atoms with van der Waals surface area (Å²) in [5.41, 5.74) is 1.38. The smallest absolute Gasteiger partial charge is 0.260 e. The van der Waals surface area contributed by atoms with Gasteiger partial charge in [0.1, 0.15) is 4.83 Å². The first-order valence-electron chi connectivity index (χ1n) is 7.36. The van der Waals surface area contributed by atoms with Crippen LogP contribution in [-0.2, 0) is 12.8 Å². The van der Waals surface area contributed by atoms with E-state index in [1.54, 1.807) is 23.5 Å². The number of aromatic nitrogens is 3. The number of hydrogen-bond acceptors (Lipinski definition) is 4. The number of aromatic amines is 2. The van der Waals surface area contributed by atoms with Crippen LogP contribution in [0.5, 0.6) is 0 Å². The van der Waals surface area contributed by atoms with E-state index in [-0.39, 0.29) is 11.1 Å². The van der Waals surface area contributed by atoms with Crippen LogP contribution in [0, 0.1) is 5.92 Å². The third kappa shape index (κ3) is 2.11. The SMILES string of the molecule is C[C@@H]1CCc2c(sc3nc(-c4cccc(=O)[nH]4)[nH]c(=O)c23)C1. The molecule has 0 amide bonds. The minimum atomic E-state index is -0.209. The van der Waals surface area contributed by atoms with Gasteiger partial charge in [-0.2, -0.15) is 0 Å². The van der Waals surface area contributed by atoms with Crippen LogP contribution in [0.3, 0.4) is 0 Å². The Morgan fingerprint density at radius 1 is 1.27 bits per heavy atom. The van der Waals surface area contributed by atoms with Gasteiger partial charge in [-0.25, -0.2) is 4.98 Å². The molecule has 3 aromatic rings. The Labute approximate surface area is 130 Å². The molecule has 6 heteroatoms.